The van der Waals surface area contributed by atoms with Crippen molar-refractivity contribution in [2.24, 2.45) is 10.2 Å². The minimum Gasteiger partial charge on any atom is -0.272 e. The molecule has 0 heterocycles. The van der Waals surface area contributed by atoms with E-state index in [-0.39, 0.29) is 12.4 Å². The molecule has 244 valence electrons. The number of nitrogens with zero attached hydrogens (tertiary/aromatic N) is 6. The molecule has 0 aliphatic carbocycles. The second-order valence-electron chi connectivity index (χ2n) is 8.23. The van der Waals surface area contributed by atoms with Crippen LogP contribution in [0.15, 0.2) is 46.6 Å². The summed E-state index contributed by atoms with van der Waals surface area (Å²) in [6.45, 7) is 0. The van der Waals surface area contributed by atoms with Crippen molar-refractivity contribution in [3.05, 3.63) is 76.9 Å². The van der Waals surface area contributed by atoms with Crippen LogP contribution in [0.1, 0.15) is 12.8 Å². The van der Waals surface area contributed by atoms with E-state index in [0.29, 0.717) is 24.3 Å². The fraction of sp³-hybridized carbons (Fsp3) is 0.300. The molecular weight excluding hydrogens is 648 g/mol. The number of nitro benzene ring substituents is 4. The first-order chi connectivity index (χ1) is 20.6. The van der Waals surface area contributed by atoms with Crippen molar-refractivity contribution in [1.82, 2.24) is 0 Å². The molecule has 0 saturated carbocycles. The molecule has 0 aliphatic heterocycles. The first-order valence-electron chi connectivity index (χ1n) is 11.2. The summed E-state index contributed by atoms with van der Waals surface area (Å²) in [6, 6.07) is 3.75. The lowest BCUT2D eigenvalue weighted by Crippen LogP contribution is -2.53. The lowest BCUT2D eigenvalue weighted by atomic mass is 10.2. The van der Waals surface area contributed by atoms with Crippen molar-refractivity contribution in [1.29, 1.82) is 0 Å². The van der Waals surface area contributed by atoms with Crippen LogP contribution in [0.2, 0.25) is 0 Å². The van der Waals surface area contributed by atoms with Gasteiger partial charge in [-0.2, -0.15) is 45.3 Å². The number of nitrogens with one attached hydrogen (secondary N) is 2. The van der Waals surface area contributed by atoms with Crippen LogP contribution in [-0.4, -0.2) is 56.2 Å². The molecule has 2 aromatic carbocycles. The predicted octanol–water partition coefficient (Wildman–Crippen LogP) is 6.07. The molecule has 2 aromatic rings. The minimum atomic E-state index is -6.28. The maximum absolute atomic E-state index is 14.0. The first-order valence-corrected chi connectivity index (χ1v) is 11.2. The molecule has 2 N–H and O–H groups in total. The largest absolute Gasteiger partial charge is 0.424 e. The van der Waals surface area contributed by atoms with Gasteiger partial charge in [0.05, 0.1) is 44.7 Å². The third kappa shape index (κ3) is 8.71. The molecule has 0 fully saturated rings. The molecule has 0 unspecified atom stereocenters. The highest BCUT2D eigenvalue weighted by molar-refractivity contribution is 5.68. The number of non-ortho nitro benzene ring substituents is 2. The van der Waals surface area contributed by atoms with Crippen LogP contribution in [0.25, 0.3) is 0 Å². The molecule has 0 saturated heterocycles. The highest BCUT2D eigenvalue weighted by atomic mass is 19.3. The van der Waals surface area contributed by atoms with E-state index in [4.69, 9.17) is 0 Å². The Morgan fingerprint density at radius 2 is 0.956 bits per heavy atom. The summed E-state index contributed by atoms with van der Waals surface area (Å²) < 4.78 is 114. The van der Waals surface area contributed by atoms with Crippen LogP contribution in [0.4, 0.5) is 69.2 Å². The van der Waals surface area contributed by atoms with Crippen molar-refractivity contribution >= 4 is 46.6 Å². The Hall–Kier alpha value is -5.62. The second-order valence-corrected chi connectivity index (χ2v) is 8.23. The maximum Gasteiger partial charge on any atom is 0.424 e. The summed E-state index contributed by atoms with van der Waals surface area (Å²) in [5.74, 6) is -11.3. The van der Waals surface area contributed by atoms with Gasteiger partial charge in [0.2, 0.25) is 0 Å². The van der Waals surface area contributed by atoms with Crippen LogP contribution in [0.3, 0.4) is 0 Å². The monoisotopic (exact) mass is 662 g/mol. The molecule has 0 radical (unpaired) electrons. The average Bonchev–Trinajstić information content (AvgIpc) is 2.92. The van der Waals surface area contributed by atoms with E-state index in [1.807, 2.05) is 0 Å². The van der Waals surface area contributed by atoms with Crippen molar-refractivity contribution in [2.45, 2.75) is 36.9 Å². The van der Waals surface area contributed by atoms with E-state index >= 15 is 0 Å². The Morgan fingerprint density at radius 3 is 1.24 bits per heavy atom. The lowest BCUT2D eigenvalue weighted by Gasteiger charge is -2.32. The molecule has 0 atom stereocenters. The zero-order valence-corrected chi connectivity index (χ0v) is 21.4. The van der Waals surface area contributed by atoms with E-state index in [0.717, 1.165) is 12.1 Å². The molecule has 25 heteroatoms. The Bertz CT molecular complexity index is 1430. The molecule has 17 nitrogen and oxygen atoms in total. The molecule has 0 aromatic heterocycles. The number of hydrazone groups is 2. The van der Waals surface area contributed by atoms with Crippen molar-refractivity contribution < 1.29 is 59.6 Å². The van der Waals surface area contributed by atoms with Crippen molar-refractivity contribution in [2.75, 3.05) is 10.9 Å². The quantitative estimate of drug-likeness (QED) is 0.0906. The number of halogens is 8. The summed E-state index contributed by atoms with van der Waals surface area (Å²) in [7, 11) is 0. The summed E-state index contributed by atoms with van der Waals surface area (Å²) in [5, 5.41) is 49.4. The standard InChI is InChI=1S/C20H14F8N8O9/c21-17(22,5-7-29-31-13-3-1-11(33(37)38)9-15(13)35(41)42)19(25,26)45-20(27,28)18(23,24)6-8-30-32-14-4-2-12(34(39)40)10-16(14)36(43)44/h1-4,7-10,31-32H,5-6H2/b29-7-,30-8+. The third-order valence-corrected chi connectivity index (χ3v) is 5.13. The smallest absolute Gasteiger partial charge is 0.272 e. The van der Waals surface area contributed by atoms with Gasteiger partial charge in [-0.05, 0) is 12.1 Å². The van der Waals surface area contributed by atoms with Gasteiger partial charge in [-0.15, -0.1) is 0 Å². The van der Waals surface area contributed by atoms with Gasteiger partial charge in [0.15, 0.2) is 0 Å². The maximum atomic E-state index is 14.0. The molecule has 0 spiro atoms. The predicted molar refractivity (Wildman–Crippen MR) is 134 cm³/mol. The van der Waals surface area contributed by atoms with E-state index in [1.54, 1.807) is 10.9 Å². The molecule has 45 heavy (non-hydrogen) atoms. The van der Waals surface area contributed by atoms with Gasteiger partial charge >= 0.3 is 35.4 Å². The molecule has 0 aliphatic rings. The number of hydrogen-bond acceptors (Lipinski definition) is 13. The zero-order valence-electron chi connectivity index (χ0n) is 21.4. The highest BCUT2D eigenvalue weighted by Gasteiger charge is 2.68. The number of nitro groups is 4. The minimum absolute atomic E-state index is 0.103. The Balaban J connectivity index is 2.08. The van der Waals surface area contributed by atoms with Gasteiger partial charge in [0, 0.05) is 24.6 Å². The highest BCUT2D eigenvalue weighted by Crippen LogP contribution is 2.46. The summed E-state index contributed by atoms with van der Waals surface area (Å²) in [4.78, 5) is 39.1. The Kier molecular flexibility index (Phi) is 10.6. The van der Waals surface area contributed by atoms with E-state index in [2.05, 4.69) is 14.9 Å². The SMILES string of the molecule is O=[N+]([O-])c1ccc(N/N=C\CC(F)(F)C(F)(F)OC(F)(F)C(F)(F)C/C=N/Nc2ccc([N+](=O)[O-])cc2[N+](=O)[O-])c([N+](=O)[O-])c1. The van der Waals surface area contributed by atoms with Crippen molar-refractivity contribution in [3.63, 3.8) is 0 Å². The van der Waals surface area contributed by atoms with E-state index in [1.165, 1.54) is 0 Å². The number of alkyl halides is 8. The van der Waals surface area contributed by atoms with Gasteiger partial charge in [-0.3, -0.25) is 51.3 Å². The number of hydrogen-bond donors (Lipinski definition) is 2. The topological polar surface area (TPSA) is 231 Å². The van der Waals surface area contributed by atoms with E-state index < -0.39 is 90.7 Å². The number of benzene rings is 2. The second kappa shape index (κ2) is 13.3. The number of anilines is 2. The molecule has 0 amide bonds. The van der Waals surface area contributed by atoms with Gasteiger partial charge in [0.25, 0.3) is 11.4 Å². The average molecular weight is 662 g/mol. The Labute approximate surface area is 241 Å². The van der Waals surface area contributed by atoms with Crippen LogP contribution in [0.5, 0.6) is 0 Å². The first kappa shape index (κ1) is 35.6. The summed E-state index contributed by atoms with van der Waals surface area (Å²) in [6.07, 6.45) is -17.3. The van der Waals surface area contributed by atoms with Crippen LogP contribution in [-0.2, 0) is 4.74 Å². The summed E-state index contributed by atoms with van der Waals surface area (Å²) in [5.41, 5.74) is -1.29. The van der Waals surface area contributed by atoms with Crippen LogP contribution >= 0.6 is 0 Å². The number of ether oxygens (including phenoxy) is 1. The third-order valence-electron chi connectivity index (χ3n) is 5.13. The fourth-order valence-corrected chi connectivity index (χ4v) is 2.86. The summed E-state index contributed by atoms with van der Waals surface area (Å²) >= 11 is 0. The van der Waals surface area contributed by atoms with Gasteiger partial charge in [-0.25, -0.2) is 4.74 Å². The lowest BCUT2D eigenvalue weighted by molar-refractivity contribution is -0.465. The van der Waals surface area contributed by atoms with Gasteiger partial charge in [-0.1, -0.05) is 0 Å². The van der Waals surface area contributed by atoms with Crippen LogP contribution < -0.4 is 10.9 Å². The van der Waals surface area contributed by atoms with Crippen LogP contribution in [0, 0.1) is 40.5 Å². The van der Waals surface area contributed by atoms with Gasteiger partial charge < -0.3 is 0 Å². The fourth-order valence-electron chi connectivity index (χ4n) is 2.86. The number of rotatable bonds is 16. The van der Waals surface area contributed by atoms with Gasteiger partial charge in [0.1, 0.15) is 11.4 Å². The van der Waals surface area contributed by atoms with E-state index in [9.17, 15) is 75.6 Å². The molecule has 2 rings (SSSR count). The molecule has 0 bridgehead atoms. The Morgan fingerprint density at radius 1 is 0.622 bits per heavy atom. The molecular formula is C20H14F8N8O9. The van der Waals surface area contributed by atoms with Crippen molar-refractivity contribution in [3.8, 4) is 0 Å². The zero-order chi connectivity index (χ0) is 34.4. The normalized spacial score (nSPS) is 12.8.